The average molecular weight is 1570 g/mol. The smallest absolute Gasteiger partial charge is 0.377 e. The molecule has 6 fully saturated rings. The molecule has 4 saturated carbocycles. The van der Waals surface area contributed by atoms with Crippen LogP contribution in [0.3, 0.4) is 0 Å². The summed E-state index contributed by atoms with van der Waals surface area (Å²) in [5.74, 6) is -14.2. The Morgan fingerprint density at radius 2 is 1.29 bits per heavy atom. The Hall–Kier alpha value is -6.79. The number of hydrogen-bond donors (Lipinski definition) is 3. The van der Waals surface area contributed by atoms with E-state index in [0.717, 1.165) is 19.6 Å². The van der Waals surface area contributed by atoms with Crippen molar-refractivity contribution in [2.24, 2.45) is 40.9 Å². The fourth-order valence-electron chi connectivity index (χ4n) is 17.9. The first kappa shape index (κ1) is 89.4. The minimum atomic E-state index is -4.57. The van der Waals surface area contributed by atoms with Crippen molar-refractivity contribution in [1.82, 2.24) is 60.0 Å². The fraction of sp³-hybridized carbons (Fsp3) is 0.818. The van der Waals surface area contributed by atoms with Gasteiger partial charge < -0.3 is 64.8 Å². The summed E-state index contributed by atoms with van der Waals surface area (Å²) in [6.45, 7) is 9.34. The maximum absolute atomic E-state index is 15.8. The Morgan fingerprint density at radius 1 is 0.661 bits per heavy atom. The highest BCUT2D eigenvalue weighted by atomic mass is 35.5. The van der Waals surface area contributed by atoms with Crippen LogP contribution in [0, 0.1) is 40.9 Å². The van der Waals surface area contributed by atoms with Gasteiger partial charge in [0.25, 0.3) is 0 Å². The molecule has 0 radical (unpaired) electrons. The fourth-order valence-corrected chi connectivity index (χ4v) is 18.4. The lowest BCUT2D eigenvalue weighted by molar-refractivity contribution is -0.184. The predicted molar refractivity (Wildman–Crippen MR) is 395 cm³/mol. The lowest BCUT2D eigenvalue weighted by Crippen LogP contribution is -2.71. The molecule has 1 spiro atoms. The van der Waals surface area contributed by atoms with E-state index in [9.17, 15) is 55.1 Å². The SMILES string of the molecule is CCCC[C@H]1C(=O)N[C@@H]([C@@H](C)CC)C(=O)N(C)CC(=O)N(C)[C@H]2C/C=C\CCN(C2=O)[C@@H](CC2CCC(C(F)(F)F)CC2)C(=O)N(C)CC(=O)N[C@@H](CCC2CCC(C(F)(F)F)C(Cl)C2)C(=O)N2C[C@H](OCC)C[C@H]2C(=O)NC2(CC(C)(C)C2)C(=O)N(C)[C@@H](C2CCCC2)C(=O)N(C)[C@H](C(=O)N(C)C)CC(=O)N1C. The highest BCUT2D eigenvalue weighted by molar-refractivity contribution is 6.21. The number of amides is 12. The molecule has 0 aromatic carbocycles. The van der Waals surface area contributed by atoms with Gasteiger partial charge in [-0.2, -0.15) is 26.3 Å². The summed E-state index contributed by atoms with van der Waals surface area (Å²) in [5, 5.41) is 7.40. The molecule has 2 saturated heterocycles. The van der Waals surface area contributed by atoms with E-state index in [1.165, 1.54) is 80.9 Å². The van der Waals surface area contributed by atoms with E-state index in [1.807, 2.05) is 20.8 Å². The first-order chi connectivity index (χ1) is 51.0. The number of ether oxygens (including phenoxy) is 1. The molecule has 0 aromatic heterocycles. The molecule has 3 unspecified atom stereocenters. The van der Waals surface area contributed by atoms with Gasteiger partial charge in [0.2, 0.25) is 70.9 Å². The molecule has 616 valence electrons. The Labute approximate surface area is 644 Å². The van der Waals surface area contributed by atoms with E-state index < -0.39 is 209 Å². The van der Waals surface area contributed by atoms with Crippen molar-refractivity contribution in [3.63, 3.8) is 0 Å². The molecule has 13 atom stereocenters. The molecule has 25 nitrogen and oxygen atoms in total. The Morgan fingerprint density at radius 3 is 1.87 bits per heavy atom. The van der Waals surface area contributed by atoms with Gasteiger partial charge in [0.1, 0.15) is 53.9 Å². The molecule has 3 heterocycles. The molecule has 32 heteroatoms. The van der Waals surface area contributed by atoms with Crippen LogP contribution in [0.15, 0.2) is 12.2 Å². The first-order valence-corrected chi connectivity index (χ1v) is 39.8. The Balaban J connectivity index is 1.34. The number of fused-ring (bicyclic) bond motifs is 3. The van der Waals surface area contributed by atoms with Crippen molar-refractivity contribution in [2.75, 3.05) is 89.2 Å². The second-order valence-electron chi connectivity index (χ2n) is 33.2. The standard InChI is InChI=1S/C77H121ClF6N12O13/c1-15-18-26-55-65(100)86-63(46(4)16-2)71(106)90(10)43-62(99)92(12)56-27-20-19-23-36-95(70(56)105)59(38-48-28-32-50(33-29-48)76(79,80)81)69(104)89(9)42-60(97)85-54(35-31-47-30-34-52(53(78)37-47)77(82,83)84)67(102)96-41-51(109-17-3)39-57(96)66(101)87-75(44-74(5,6)45-75)73(108)94(14)64(49-24-21-22-25-49)72(107)93(13)58(68(103)88(7)8)40-61(98)91(55)11/h19-20,46-59,63-64H,15-18,21-45H2,1-14H3,(H,85,97)(H,86,100)(H,87,101)/b20-19-/t46-,47?,48?,50?,51+,52?,53?,54-,55-,56-,57-,58-,59-,63-,64-/m0/s1. The van der Waals surface area contributed by atoms with Gasteiger partial charge in [0.05, 0.1) is 37.5 Å². The van der Waals surface area contributed by atoms with Crippen molar-refractivity contribution >= 4 is 82.5 Å². The quantitative estimate of drug-likeness (QED) is 0.0867. The highest BCUT2D eigenvalue weighted by Gasteiger charge is 2.60. The monoisotopic (exact) mass is 1570 g/mol. The van der Waals surface area contributed by atoms with E-state index in [4.69, 9.17) is 16.3 Å². The molecule has 109 heavy (non-hydrogen) atoms. The van der Waals surface area contributed by atoms with Crippen LogP contribution in [0.25, 0.3) is 0 Å². The molecule has 4 aliphatic carbocycles. The van der Waals surface area contributed by atoms with Crippen molar-refractivity contribution in [1.29, 1.82) is 0 Å². The van der Waals surface area contributed by atoms with Crippen LogP contribution in [0.4, 0.5) is 26.3 Å². The number of rotatable bonds is 14. The Kier molecular flexibility index (Phi) is 31.3. The Bertz CT molecular complexity index is 3270. The second kappa shape index (κ2) is 38.2. The summed E-state index contributed by atoms with van der Waals surface area (Å²) < 4.78 is 91.0. The highest BCUT2D eigenvalue weighted by Crippen LogP contribution is 2.50. The molecule has 12 amide bonds. The number of likely N-dealkylation sites (N-methyl/N-ethyl adjacent to an activating group) is 7. The normalized spacial score (nSPS) is 31.6. The van der Waals surface area contributed by atoms with Gasteiger partial charge in [0, 0.05) is 87.9 Å². The van der Waals surface area contributed by atoms with E-state index >= 15 is 28.8 Å². The van der Waals surface area contributed by atoms with Gasteiger partial charge >= 0.3 is 12.4 Å². The zero-order chi connectivity index (χ0) is 81.1. The molecule has 3 aliphatic heterocycles. The predicted octanol–water partition coefficient (Wildman–Crippen LogP) is 7.45. The number of nitrogens with zero attached hydrogens (tertiary/aromatic N) is 9. The topological polar surface area (TPSA) is 279 Å². The maximum Gasteiger partial charge on any atom is 0.393 e. The van der Waals surface area contributed by atoms with Crippen molar-refractivity contribution < 1.29 is 88.6 Å². The van der Waals surface area contributed by atoms with E-state index in [-0.39, 0.29) is 122 Å². The maximum atomic E-state index is 15.8. The van der Waals surface area contributed by atoms with Crippen LogP contribution in [0.2, 0.25) is 0 Å². The number of carbonyl (C=O) groups is 12. The third-order valence-electron chi connectivity index (χ3n) is 24.4. The van der Waals surface area contributed by atoms with E-state index in [0.29, 0.717) is 44.9 Å². The van der Waals surface area contributed by atoms with Gasteiger partial charge in [-0.25, -0.2) is 0 Å². The largest absolute Gasteiger partial charge is 0.393 e. The number of carbonyl (C=O) groups excluding carboxylic acids is 12. The van der Waals surface area contributed by atoms with Gasteiger partial charge in [0.15, 0.2) is 0 Å². The van der Waals surface area contributed by atoms with Crippen LogP contribution in [-0.4, -0.2) is 282 Å². The van der Waals surface area contributed by atoms with Gasteiger partial charge in [-0.05, 0) is 145 Å². The summed E-state index contributed by atoms with van der Waals surface area (Å²) in [6.07, 6.45) is -4.03. The van der Waals surface area contributed by atoms with Gasteiger partial charge in [-0.1, -0.05) is 78.9 Å². The zero-order valence-corrected chi connectivity index (χ0v) is 67.1. The van der Waals surface area contributed by atoms with Crippen LogP contribution in [-0.2, 0) is 62.3 Å². The molecular formula is C77H121ClF6N12O13. The second-order valence-corrected chi connectivity index (χ2v) is 33.8. The number of halogens is 7. The van der Waals surface area contributed by atoms with Crippen molar-refractivity contribution in [2.45, 2.75) is 273 Å². The third-order valence-corrected chi connectivity index (χ3v) is 24.9. The van der Waals surface area contributed by atoms with Gasteiger partial charge in [-0.15, -0.1) is 11.6 Å². The lowest BCUT2D eigenvalue weighted by Gasteiger charge is -2.54. The number of hydrogen-bond acceptors (Lipinski definition) is 13. The number of alkyl halides is 7. The van der Waals surface area contributed by atoms with Crippen LogP contribution < -0.4 is 16.0 Å². The van der Waals surface area contributed by atoms with Crippen LogP contribution in [0.5, 0.6) is 0 Å². The lowest BCUT2D eigenvalue weighted by atomic mass is 9.58. The molecular weight excluding hydrogens is 1450 g/mol. The molecule has 0 aromatic rings. The number of unbranched alkanes of at least 4 members (excludes halogenated alkanes) is 1. The minimum absolute atomic E-state index is 0.0338. The summed E-state index contributed by atoms with van der Waals surface area (Å²) in [4.78, 5) is 193. The first-order valence-electron chi connectivity index (χ1n) is 39.3. The average Bonchev–Trinajstić information content (AvgIpc) is 1.37. The van der Waals surface area contributed by atoms with Crippen molar-refractivity contribution in [3.05, 3.63) is 12.2 Å². The number of nitrogens with one attached hydrogen (secondary N) is 3. The van der Waals surface area contributed by atoms with Gasteiger partial charge in [-0.3, -0.25) is 57.5 Å². The zero-order valence-electron chi connectivity index (χ0n) is 66.4. The summed E-state index contributed by atoms with van der Waals surface area (Å²) in [7, 11) is 11.1. The summed E-state index contributed by atoms with van der Waals surface area (Å²) in [5.41, 5.74) is -2.26. The molecule has 2 bridgehead atoms. The van der Waals surface area contributed by atoms with E-state index in [2.05, 4.69) is 16.0 Å². The molecule has 3 N–H and O–H groups in total. The summed E-state index contributed by atoms with van der Waals surface area (Å²) in [6, 6.07) is -10.9. The molecule has 7 aliphatic rings. The van der Waals surface area contributed by atoms with Crippen LogP contribution >= 0.6 is 11.6 Å². The van der Waals surface area contributed by atoms with Crippen LogP contribution in [0.1, 0.15) is 196 Å². The molecule has 7 rings (SSSR count). The summed E-state index contributed by atoms with van der Waals surface area (Å²) >= 11 is 6.44. The van der Waals surface area contributed by atoms with Crippen molar-refractivity contribution in [3.8, 4) is 0 Å². The third kappa shape index (κ3) is 22.1. The van der Waals surface area contributed by atoms with E-state index in [1.54, 1.807) is 32.9 Å². The minimum Gasteiger partial charge on any atom is -0.377 e.